The summed E-state index contributed by atoms with van der Waals surface area (Å²) in [6.07, 6.45) is 0.730. The Balaban J connectivity index is 1.87. The zero-order chi connectivity index (χ0) is 16.9. The highest BCUT2D eigenvalue weighted by molar-refractivity contribution is 6.40. The zero-order valence-corrected chi connectivity index (χ0v) is 14.3. The Morgan fingerprint density at radius 2 is 1.42 bits per heavy atom. The van der Waals surface area contributed by atoms with Gasteiger partial charge in [0.05, 0.1) is 15.6 Å². The van der Waals surface area contributed by atoms with Gasteiger partial charge in [0.2, 0.25) is 0 Å². The summed E-state index contributed by atoms with van der Waals surface area (Å²) < 4.78 is 0. The maximum Gasteiger partial charge on any atom is 0.258 e. The maximum absolute atomic E-state index is 12.6. The molecule has 0 saturated heterocycles. The maximum atomic E-state index is 12.6. The second-order valence-corrected chi connectivity index (χ2v) is 6.18. The number of anilines is 1. The number of carbonyl (C=O) groups is 1. The molecule has 4 heteroatoms. The van der Waals surface area contributed by atoms with Gasteiger partial charge in [0, 0.05) is 5.69 Å². The lowest BCUT2D eigenvalue weighted by atomic mass is 10.0. The van der Waals surface area contributed by atoms with Crippen LogP contribution in [-0.4, -0.2) is 5.91 Å². The Bertz CT molecular complexity index is 842. The zero-order valence-electron chi connectivity index (χ0n) is 12.8. The van der Waals surface area contributed by atoms with E-state index in [4.69, 9.17) is 23.2 Å². The summed E-state index contributed by atoms with van der Waals surface area (Å²) in [5, 5.41) is 3.59. The van der Waals surface area contributed by atoms with Crippen LogP contribution in [0.15, 0.2) is 72.8 Å². The van der Waals surface area contributed by atoms with Crippen molar-refractivity contribution in [3.05, 3.63) is 99.5 Å². The van der Waals surface area contributed by atoms with Crippen molar-refractivity contribution in [1.29, 1.82) is 0 Å². The second kappa shape index (κ2) is 7.52. The van der Waals surface area contributed by atoms with Crippen LogP contribution in [-0.2, 0) is 6.42 Å². The van der Waals surface area contributed by atoms with E-state index in [9.17, 15) is 4.79 Å². The minimum atomic E-state index is -0.314. The van der Waals surface area contributed by atoms with Crippen molar-refractivity contribution in [2.75, 3.05) is 5.32 Å². The fraction of sp³-hybridized carbons (Fsp3) is 0.0500. The van der Waals surface area contributed by atoms with Gasteiger partial charge in [0.1, 0.15) is 0 Å². The summed E-state index contributed by atoms with van der Waals surface area (Å²) >= 11 is 12.2. The van der Waals surface area contributed by atoms with Crippen LogP contribution in [0.25, 0.3) is 0 Å². The van der Waals surface area contributed by atoms with Crippen LogP contribution in [0, 0.1) is 0 Å². The normalized spacial score (nSPS) is 10.4. The number of halogens is 2. The molecule has 120 valence electrons. The van der Waals surface area contributed by atoms with Gasteiger partial charge in [-0.05, 0) is 35.7 Å². The molecule has 2 nitrogen and oxygen atoms in total. The molecule has 3 aromatic carbocycles. The average Bonchev–Trinajstić information content (AvgIpc) is 2.57. The first-order chi connectivity index (χ1) is 11.6. The van der Waals surface area contributed by atoms with Crippen LogP contribution in [0.2, 0.25) is 10.0 Å². The summed E-state index contributed by atoms with van der Waals surface area (Å²) in [5.74, 6) is -0.314. The van der Waals surface area contributed by atoms with E-state index in [1.165, 1.54) is 5.56 Å². The van der Waals surface area contributed by atoms with Crippen LogP contribution in [0.4, 0.5) is 5.69 Å². The third-order valence-electron chi connectivity index (χ3n) is 3.69. The summed E-state index contributed by atoms with van der Waals surface area (Å²) in [5.41, 5.74) is 3.24. The van der Waals surface area contributed by atoms with Crippen LogP contribution >= 0.6 is 23.2 Å². The van der Waals surface area contributed by atoms with Crippen LogP contribution in [0.1, 0.15) is 21.5 Å². The molecule has 0 aliphatic carbocycles. The molecule has 24 heavy (non-hydrogen) atoms. The molecule has 0 saturated carbocycles. The first-order valence-corrected chi connectivity index (χ1v) is 8.28. The Kier molecular flexibility index (Phi) is 5.19. The molecular weight excluding hydrogens is 341 g/mol. The van der Waals surface area contributed by atoms with Gasteiger partial charge in [-0.1, -0.05) is 77.8 Å². The largest absolute Gasteiger partial charge is 0.322 e. The number of rotatable bonds is 4. The second-order valence-electron chi connectivity index (χ2n) is 5.37. The molecule has 1 N–H and O–H groups in total. The fourth-order valence-electron chi connectivity index (χ4n) is 2.51. The van der Waals surface area contributed by atoms with E-state index in [-0.39, 0.29) is 11.5 Å². The Labute approximate surface area is 151 Å². The third kappa shape index (κ3) is 3.78. The highest BCUT2D eigenvalue weighted by atomic mass is 35.5. The minimum Gasteiger partial charge on any atom is -0.322 e. The quantitative estimate of drug-likeness (QED) is 0.625. The van der Waals surface area contributed by atoms with Crippen molar-refractivity contribution in [1.82, 2.24) is 0 Å². The Morgan fingerprint density at radius 1 is 0.792 bits per heavy atom. The highest BCUT2D eigenvalue weighted by Gasteiger charge is 2.15. The molecule has 0 aliphatic heterocycles. The molecule has 0 bridgehead atoms. The monoisotopic (exact) mass is 355 g/mol. The van der Waals surface area contributed by atoms with Gasteiger partial charge in [-0.2, -0.15) is 0 Å². The van der Waals surface area contributed by atoms with Gasteiger partial charge in [-0.3, -0.25) is 4.79 Å². The summed E-state index contributed by atoms with van der Waals surface area (Å²) in [6.45, 7) is 0. The fourth-order valence-corrected chi connectivity index (χ4v) is 3.08. The molecule has 0 spiro atoms. The number of hydrogen-bond donors (Lipinski definition) is 1. The highest BCUT2D eigenvalue weighted by Crippen LogP contribution is 2.26. The molecule has 0 fully saturated rings. The van der Waals surface area contributed by atoms with Gasteiger partial charge in [0.15, 0.2) is 0 Å². The standard InChI is InChI=1S/C20H15Cl2NO/c21-16-10-6-11-17(22)19(16)20(24)23-18-12-5-4-9-15(18)13-14-7-2-1-3-8-14/h1-12H,13H2,(H,23,24). The molecule has 0 aliphatic rings. The number of hydrogen-bond acceptors (Lipinski definition) is 1. The van der Waals surface area contributed by atoms with Gasteiger partial charge in [0.25, 0.3) is 5.91 Å². The lowest BCUT2D eigenvalue weighted by Gasteiger charge is -2.12. The number of carbonyl (C=O) groups excluding carboxylic acids is 1. The van der Waals surface area contributed by atoms with E-state index in [2.05, 4.69) is 17.4 Å². The van der Waals surface area contributed by atoms with E-state index in [0.717, 1.165) is 17.7 Å². The van der Waals surface area contributed by atoms with E-state index < -0.39 is 0 Å². The van der Waals surface area contributed by atoms with Crippen molar-refractivity contribution >= 4 is 34.8 Å². The topological polar surface area (TPSA) is 29.1 Å². The number of amides is 1. The Morgan fingerprint density at radius 3 is 2.12 bits per heavy atom. The molecule has 1 amide bonds. The van der Waals surface area contributed by atoms with E-state index >= 15 is 0 Å². The average molecular weight is 356 g/mol. The Hall–Kier alpha value is -2.29. The van der Waals surface area contributed by atoms with Gasteiger partial charge < -0.3 is 5.32 Å². The molecule has 3 rings (SSSR count). The van der Waals surface area contributed by atoms with Gasteiger partial charge in [-0.15, -0.1) is 0 Å². The molecule has 3 aromatic rings. The molecule has 0 unspecified atom stereocenters. The SMILES string of the molecule is O=C(Nc1ccccc1Cc1ccccc1)c1c(Cl)cccc1Cl. The van der Waals surface area contributed by atoms with Crippen molar-refractivity contribution in [2.24, 2.45) is 0 Å². The van der Waals surface area contributed by atoms with E-state index in [1.807, 2.05) is 42.5 Å². The number of nitrogens with one attached hydrogen (secondary N) is 1. The van der Waals surface area contributed by atoms with E-state index in [0.29, 0.717) is 10.0 Å². The first-order valence-electron chi connectivity index (χ1n) is 7.52. The smallest absolute Gasteiger partial charge is 0.258 e. The molecule has 0 heterocycles. The van der Waals surface area contributed by atoms with Crippen molar-refractivity contribution in [3.8, 4) is 0 Å². The van der Waals surface area contributed by atoms with Crippen LogP contribution in [0.5, 0.6) is 0 Å². The van der Waals surface area contributed by atoms with Gasteiger partial charge in [-0.25, -0.2) is 0 Å². The van der Waals surface area contributed by atoms with Gasteiger partial charge >= 0.3 is 0 Å². The van der Waals surface area contributed by atoms with Crippen LogP contribution < -0.4 is 5.32 Å². The van der Waals surface area contributed by atoms with Crippen molar-refractivity contribution < 1.29 is 4.79 Å². The van der Waals surface area contributed by atoms with E-state index in [1.54, 1.807) is 18.2 Å². The summed E-state index contributed by atoms with van der Waals surface area (Å²) in [6, 6.07) is 22.8. The summed E-state index contributed by atoms with van der Waals surface area (Å²) in [4.78, 5) is 12.6. The first kappa shape index (κ1) is 16.6. The predicted octanol–water partition coefficient (Wildman–Crippen LogP) is 5.84. The number of benzene rings is 3. The molecule has 0 atom stereocenters. The lowest BCUT2D eigenvalue weighted by Crippen LogP contribution is -2.14. The third-order valence-corrected chi connectivity index (χ3v) is 4.32. The van der Waals surface area contributed by atoms with Crippen LogP contribution in [0.3, 0.4) is 0 Å². The predicted molar refractivity (Wildman–Crippen MR) is 100 cm³/mol. The molecular formula is C20H15Cl2NO. The van der Waals surface area contributed by atoms with Crippen molar-refractivity contribution in [2.45, 2.75) is 6.42 Å². The molecule has 0 aromatic heterocycles. The van der Waals surface area contributed by atoms with Crippen molar-refractivity contribution in [3.63, 3.8) is 0 Å². The number of para-hydroxylation sites is 1. The molecule has 0 radical (unpaired) electrons. The summed E-state index contributed by atoms with van der Waals surface area (Å²) in [7, 11) is 0. The lowest BCUT2D eigenvalue weighted by molar-refractivity contribution is 0.102. The minimum absolute atomic E-state index is 0.287.